The zero-order valence-corrected chi connectivity index (χ0v) is 21.9. The lowest BCUT2D eigenvalue weighted by Gasteiger charge is -2.25. The van der Waals surface area contributed by atoms with Crippen molar-refractivity contribution in [1.82, 2.24) is 16.0 Å². The number of hydrogen-bond acceptors (Lipinski definition) is 6. The molecule has 0 radical (unpaired) electrons. The summed E-state index contributed by atoms with van der Waals surface area (Å²) in [6.45, 7) is 10.4. The Morgan fingerprint density at radius 3 is 2.34 bits per heavy atom. The first-order valence-electron chi connectivity index (χ1n) is 11.4. The van der Waals surface area contributed by atoms with Gasteiger partial charge < -0.3 is 25.8 Å². The van der Waals surface area contributed by atoms with Crippen LogP contribution in [0.25, 0.3) is 0 Å². The molecule has 2 rings (SSSR count). The van der Waals surface area contributed by atoms with Crippen LogP contribution in [0.5, 0.6) is 5.75 Å². The number of carbonyl (C=O) groups is 3. The van der Waals surface area contributed by atoms with Gasteiger partial charge in [-0.2, -0.15) is 0 Å². The van der Waals surface area contributed by atoms with Crippen LogP contribution in [0.1, 0.15) is 49.3 Å². The van der Waals surface area contributed by atoms with E-state index < -0.39 is 29.7 Å². The van der Waals surface area contributed by atoms with Crippen molar-refractivity contribution in [2.75, 3.05) is 0 Å². The number of aryl methyl sites for hydroxylation is 2. The van der Waals surface area contributed by atoms with Crippen molar-refractivity contribution in [3.63, 3.8) is 0 Å². The van der Waals surface area contributed by atoms with E-state index in [9.17, 15) is 19.5 Å². The lowest BCUT2D eigenvalue weighted by Crippen LogP contribution is -2.53. The smallest absolute Gasteiger partial charge is 0.408 e. The summed E-state index contributed by atoms with van der Waals surface area (Å²) in [5.74, 6) is -0.774. The fourth-order valence-electron chi connectivity index (χ4n) is 3.41. The van der Waals surface area contributed by atoms with Crippen molar-refractivity contribution in [2.24, 2.45) is 0 Å². The lowest BCUT2D eigenvalue weighted by molar-refractivity contribution is -0.129. The molecule has 0 aliphatic carbocycles. The molecule has 35 heavy (non-hydrogen) atoms. The predicted molar refractivity (Wildman–Crippen MR) is 137 cm³/mol. The number of phenolic OH excluding ortho intramolecular Hbond substituents is 1. The first kappa shape index (κ1) is 27.9. The molecular formula is C26H35N3O5S. The van der Waals surface area contributed by atoms with Crippen molar-refractivity contribution < 1.29 is 24.2 Å². The number of benzene rings is 1. The fraction of sp³-hybridized carbons (Fsp3) is 0.423. The van der Waals surface area contributed by atoms with Gasteiger partial charge in [-0.1, -0.05) is 12.1 Å². The molecule has 1 heterocycles. The molecule has 9 heteroatoms. The number of hydrogen-bond donors (Lipinski definition) is 4. The van der Waals surface area contributed by atoms with Crippen molar-refractivity contribution in [1.29, 1.82) is 0 Å². The number of amides is 3. The van der Waals surface area contributed by atoms with Gasteiger partial charge in [0.15, 0.2) is 0 Å². The predicted octanol–water partition coefficient (Wildman–Crippen LogP) is 3.88. The first-order chi connectivity index (χ1) is 16.4. The average Bonchev–Trinajstić information content (AvgIpc) is 3.24. The molecule has 0 bridgehead atoms. The van der Waals surface area contributed by atoms with Crippen LogP contribution >= 0.6 is 11.3 Å². The second-order valence-electron chi connectivity index (χ2n) is 9.39. The Labute approximate surface area is 210 Å². The summed E-state index contributed by atoms with van der Waals surface area (Å²) >= 11 is 1.63. The Hall–Kier alpha value is -3.33. The maximum Gasteiger partial charge on any atom is 0.408 e. The number of phenols is 1. The van der Waals surface area contributed by atoms with Crippen molar-refractivity contribution >= 4 is 29.2 Å². The third-order valence-corrected chi connectivity index (χ3v) is 5.99. The van der Waals surface area contributed by atoms with Gasteiger partial charge in [0.2, 0.25) is 11.8 Å². The number of carbonyl (C=O) groups excluding carboxylic acids is 3. The monoisotopic (exact) mass is 501 g/mol. The van der Waals surface area contributed by atoms with Gasteiger partial charge in [0, 0.05) is 23.9 Å². The lowest BCUT2D eigenvalue weighted by atomic mass is 9.95. The van der Waals surface area contributed by atoms with Gasteiger partial charge in [-0.05, 0) is 81.8 Å². The van der Waals surface area contributed by atoms with E-state index in [4.69, 9.17) is 4.74 Å². The minimum atomic E-state index is -0.989. The maximum absolute atomic E-state index is 13.1. The van der Waals surface area contributed by atoms with E-state index in [2.05, 4.69) is 16.0 Å². The van der Waals surface area contributed by atoms with E-state index in [0.29, 0.717) is 6.42 Å². The third kappa shape index (κ3) is 9.44. The van der Waals surface area contributed by atoms with E-state index in [1.807, 2.05) is 37.4 Å². The van der Waals surface area contributed by atoms with Gasteiger partial charge in [-0.3, -0.25) is 9.59 Å². The largest absolute Gasteiger partial charge is 0.508 e. The molecule has 2 aromatic rings. The highest BCUT2D eigenvalue weighted by atomic mass is 32.1. The number of alkyl carbamates (subject to hydrolysis) is 1. The van der Waals surface area contributed by atoms with Gasteiger partial charge in [0.25, 0.3) is 0 Å². The summed E-state index contributed by atoms with van der Waals surface area (Å²) in [6, 6.07) is 5.35. The zero-order valence-electron chi connectivity index (χ0n) is 21.1. The van der Waals surface area contributed by atoms with E-state index >= 15 is 0 Å². The molecule has 0 fully saturated rings. The summed E-state index contributed by atoms with van der Waals surface area (Å²) in [5, 5.41) is 19.8. The molecule has 0 saturated heterocycles. The SMILES string of the molecule is Cc1cc(O)cc(C)c1CC(NC(=O)OC(C)(C)C)C(=O)N[C@H](C)C(=O)N/C=C/Cc1cccs1. The Morgan fingerprint density at radius 1 is 1.11 bits per heavy atom. The number of aromatic hydroxyl groups is 1. The third-order valence-electron chi connectivity index (χ3n) is 5.09. The second-order valence-corrected chi connectivity index (χ2v) is 10.4. The number of thiophene rings is 1. The molecule has 4 N–H and O–H groups in total. The van der Waals surface area contributed by atoms with Crippen LogP contribution in [0.2, 0.25) is 0 Å². The number of allylic oxidation sites excluding steroid dienone is 1. The van der Waals surface area contributed by atoms with Gasteiger partial charge in [0.1, 0.15) is 23.4 Å². The van der Waals surface area contributed by atoms with Gasteiger partial charge >= 0.3 is 6.09 Å². The maximum atomic E-state index is 13.1. The summed E-state index contributed by atoms with van der Waals surface area (Å²) in [5.41, 5.74) is 1.64. The molecule has 3 amide bonds. The number of rotatable bonds is 9. The Kier molecular flexibility index (Phi) is 9.89. The van der Waals surface area contributed by atoms with Crippen molar-refractivity contribution in [3.05, 3.63) is 63.5 Å². The number of nitrogens with one attached hydrogen (secondary N) is 3. The standard InChI is InChI=1S/C26H35N3O5S/c1-16-13-19(30)14-17(2)21(16)15-22(29-25(33)34-26(4,5)6)24(32)28-18(3)23(31)27-11-7-9-20-10-8-12-35-20/h7-8,10-14,18,22,30H,9,15H2,1-6H3,(H,27,31)(H,28,32)(H,29,33)/b11-7+/t18-,22?/m1/s1. The summed E-state index contributed by atoms with van der Waals surface area (Å²) < 4.78 is 5.33. The van der Waals surface area contributed by atoms with E-state index in [-0.39, 0.29) is 18.1 Å². The van der Waals surface area contributed by atoms with Crippen LogP contribution < -0.4 is 16.0 Å². The highest BCUT2D eigenvalue weighted by Crippen LogP contribution is 2.22. The highest BCUT2D eigenvalue weighted by Gasteiger charge is 2.28. The van der Waals surface area contributed by atoms with E-state index in [1.54, 1.807) is 57.4 Å². The van der Waals surface area contributed by atoms with Crippen molar-refractivity contribution in [3.8, 4) is 5.75 Å². The van der Waals surface area contributed by atoms with Crippen LogP contribution in [0.3, 0.4) is 0 Å². The summed E-state index contributed by atoms with van der Waals surface area (Å²) in [4.78, 5) is 39.2. The van der Waals surface area contributed by atoms with Crippen LogP contribution in [0, 0.1) is 13.8 Å². The van der Waals surface area contributed by atoms with Gasteiger partial charge in [-0.25, -0.2) is 4.79 Å². The zero-order chi connectivity index (χ0) is 26.2. The Bertz CT molecular complexity index is 1030. The van der Waals surface area contributed by atoms with Crippen LogP contribution in [-0.4, -0.2) is 40.7 Å². The molecule has 2 atom stereocenters. The second kappa shape index (κ2) is 12.4. The average molecular weight is 502 g/mol. The van der Waals surface area contributed by atoms with Crippen LogP contribution in [0.15, 0.2) is 41.9 Å². The molecule has 1 aromatic carbocycles. The highest BCUT2D eigenvalue weighted by molar-refractivity contribution is 7.09. The summed E-state index contributed by atoms with van der Waals surface area (Å²) in [7, 11) is 0. The molecule has 1 unspecified atom stereocenters. The van der Waals surface area contributed by atoms with Crippen molar-refractivity contribution in [2.45, 2.75) is 72.1 Å². The molecule has 0 spiro atoms. The molecule has 0 saturated carbocycles. The molecule has 0 aliphatic heterocycles. The fourth-order valence-corrected chi connectivity index (χ4v) is 4.09. The minimum Gasteiger partial charge on any atom is -0.508 e. The molecule has 0 aliphatic rings. The van der Waals surface area contributed by atoms with Crippen LogP contribution in [0.4, 0.5) is 4.79 Å². The number of ether oxygens (including phenoxy) is 1. The van der Waals surface area contributed by atoms with E-state index in [0.717, 1.165) is 16.7 Å². The van der Waals surface area contributed by atoms with E-state index in [1.165, 1.54) is 4.88 Å². The molecule has 190 valence electrons. The normalized spacial score (nSPS) is 13.2. The van der Waals surface area contributed by atoms with Gasteiger partial charge in [-0.15, -0.1) is 11.3 Å². The minimum absolute atomic E-state index is 0.127. The topological polar surface area (TPSA) is 117 Å². The summed E-state index contributed by atoms with van der Waals surface area (Å²) in [6.07, 6.45) is 3.52. The molecule has 1 aromatic heterocycles. The first-order valence-corrected chi connectivity index (χ1v) is 12.3. The molecular weight excluding hydrogens is 466 g/mol. The quantitative estimate of drug-likeness (QED) is 0.416. The Balaban J connectivity index is 2.08. The Morgan fingerprint density at radius 2 is 1.77 bits per heavy atom. The molecule has 8 nitrogen and oxygen atoms in total. The van der Waals surface area contributed by atoms with Gasteiger partial charge in [0.05, 0.1) is 0 Å². The van der Waals surface area contributed by atoms with Crippen LogP contribution in [-0.2, 0) is 27.2 Å².